The summed E-state index contributed by atoms with van der Waals surface area (Å²) in [6, 6.07) is 6.48. The lowest BCUT2D eigenvalue weighted by atomic mass is 10.0. The zero-order valence-electron chi connectivity index (χ0n) is 10.5. The van der Waals surface area contributed by atoms with Crippen molar-refractivity contribution in [1.29, 1.82) is 0 Å². The second-order valence-corrected chi connectivity index (χ2v) is 5.10. The third-order valence-electron chi connectivity index (χ3n) is 2.68. The van der Waals surface area contributed by atoms with Crippen LogP contribution >= 0.6 is 15.9 Å². The number of hydrogen-bond acceptors (Lipinski definition) is 3. The molecule has 4 heteroatoms. The van der Waals surface area contributed by atoms with Gasteiger partial charge in [0.25, 0.3) is 0 Å². The van der Waals surface area contributed by atoms with Gasteiger partial charge in [-0.2, -0.15) is 0 Å². The summed E-state index contributed by atoms with van der Waals surface area (Å²) in [5.74, 6) is 0. The first-order valence-electron chi connectivity index (χ1n) is 5.97. The van der Waals surface area contributed by atoms with E-state index in [1.807, 2.05) is 6.20 Å². The zero-order chi connectivity index (χ0) is 13.0. The maximum Gasteiger partial charge on any atom is 0.0801 e. The molecule has 94 valence electrons. The van der Waals surface area contributed by atoms with E-state index in [4.69, 9.17) is 0 Å². The van der Waals surface area contributed by atoms with Gasteiger partial charge in [-0.15, -0.1) is 0 Å². The van der Waals surface area contributed by atoms with Crippen LogP contribution < -0.4 is 5.32 Å². The number of nitrogens with zero attached hydrogens (tertiary/aromatic N) is 2. The van der Waals surface area contributed by atoms with Gasteiger partial charge in [0.15, 0.2) is 0 Å². The molecule has 0 saturated heterocycles. The minimum atomic E-state index is 0.0832. The van der Waals surface area contributed by atoms with Crippen LogP contribution in [-0.2, 0) is 0 Å². The van der Waals surface area contributed by atoms with Crippen LogP contribution in [0.4, 0.5) is 0 Å². The number of benzene rings is 1. The van der Waals surface area contributed by atoms with Crippen molar-refractivity contribution in [1.82, 2.24) is 15.3 Å². The highest BCUT2D eigenvalue weighted by atomic mass is 79.9. The molecule has 1 N–H and O–H groups in total. The summed E-state index contributed by atoms with van der Waals surface area (Å²) in [4.78, 5) is 8.54. The van der Waals surface area contributed by atoms with Crippen LogP contribution in [0.5, 0.6) is 0 Å². The largest absolute Gasteiger partial charge is 0.305 e. The topological polar surface area (TPSA) is 37.8 Å². The Labute approximate surface area is 116 Å². The molecule has 1 aromatic heterocycles. The average Bonchev–Trinajstić information content (AvgIpc) is 2.36. The Kier molecular flexibility index (Phi) is 4.44. The molecule has 2 rings (SSSR count). The van der Waals surface area contributed by atoms with Gasteiger partial charge in [0, 0.05) is 16.9 Å². The molecule has 0 bridgehead atoms. The standard InChI is InChI=1S/C14H16BrN3/c1-3-17-14(13-9-16-4-5-18-13)11-6-10(2)7-12(15)8-11/h4-9,14,17H,3H2,1-2H3. The molecule has 3 nitrogen and oxygen atoms in total. The second-order valence-electron chi connectivity index (χ2n) is 4.18. The van der Waals surface area contributed by atoms with Gasteiger partial charge >= 0.3 is 0 Å². The molecule has 1 atom stereocenters. The lowest BCUT2D eigenvalue weighted by Crippen LogP contribution is -2.23. The van der Waals surface area contributed by atoms with E-state index in [0.717, 1.165) is 16.7 Å². The van der Waals surface area contributed by atoms with Crippen LogP contribution in [0.1, 0.15) is 29.8 Å². The van der Waals surface area contributed by atoms with E-state index in [9.17, 15) is 0 Å². The van der Waals surface area contributed by atoms with Crippen LogP contribution in [-0.4, -0.2) is 16.5 Å². The Morgan fingerprint density at radius 2 is 2.11 bits per heavy atom. The molecule has 1 aromatic carbocycles. The molecule has 0 spiro atoms. The molecule has 1 unspecified atom stereocenters. The van der Waals surface area contributed by atoms with Gasteiger partial charge < -0.3 is 5.32 Å². The first-order valence-corrected chi connectivity index (χ1v) is 6.76. The number of rotatable bonds is 4. The summed E-state index contributed by atoms with van der Waals surface area (Å²) in [6.07, 6.45) is 5.23. The molecule has 0 aliphatic heterocycles. The zero-order valence-corrected chi connectivity index (χ0v) is 12.1. The van der Waals surface area contributed by atoms with Crippen molar-refractivity contribution in [2.45, 2.75) is 19.9 Å². The van der Waals surface area contributed by atoms with Crippen LogP contribution in [0.25, 0.3) is 0 Å². The van der Waals surface area contributed by atoms with Crippen LogP contribution in [0.15, 0.2) is 41.3 Å². The van der Waals surface area contributed by atoms with Gasteiger partial charge in [0.2, 0.25) is 0 Å². The summed E-state index contributed by atoms with van der Waals surface area (Å²) in [6.45, 7) is 5.06. The number of aryl methyl sites for hydroxylation is 1. The third-order valence-corrected chi connectivity index (χ3v) is 3.14. The molecule has 18 heavy (non-hydrogen) atoms. The van der Waals surface area contributed by atoms with Gasteiger partial charge in [0.1, 0.15) is 0 Å². The maximum absolute atomic E-state index is 4.39. The average molecular weight is 306 g/mol. The van der Waals surface area contributed by atoms with Gasteiger partial charge in [0.05, 0.1) is 17.9 Å². The maximum atomic E-state index is 4.39. The number of nitrogens with one attached hydrogen (secondary N) is 1. The summed E-state index contributed by atoms with van der Waals surface area (Å²) in [7, 11) is 0. The lowest BCUT2D eigenvalue weighted by Gasteiger charge is -2.18. The Balaban J connectivity index is 2.41. The highest BCUT2D eigenvalue weighted by Gasteiger charge is 2.15. The van der Waals surface area contributed by atoms with Crippen molar-refractivity contribution in [2.75, 3.05) is 6.54 Å². The van der Waals surface area contributed by atoms with Crippen molar-refractivity contribution >= 4 is 15.9 Å². The van der Waals surface area contributed by atoms with E-state index in [-0.39, 0.29) is 6.04 Å². The summed E-state index contributed by atoms with van der Waals surface area (Å²) >= 11 is 3.54. The van der Waals surface area contributed by atoms with Crippen LogP contribution in [0, 0.1) is 6.92 Å². The highest BCUT2D eigenvalue weighted by molar-refractivity contribution is 9.10. The van der Waals surface area contributed by atoms with E-state index in [0.29, 0.717) is 0 Å². The quantitative estimate of drug-likeness (QED) is 0.942. The first kappa shape index (κ1) is 13.2. The predicted octanol–water partition coefficient (Wildman–Crippen LogP) is 3.25. The predicted molar refractivity (Wildman–Crippen MR) is 76.4 cm³/mol. The molecule has 0 aliphatic carbocycles. The van der Waals surface area contributed by atoms with Crippen molar-refractivity contribution in [2.24, 2.45) is 0 Å². The monoisotopic (exact) mass is 305 g/mol. The SMILES string of the molecule is CCNC(c1cc(C)cc(Br)c1)c1cnccn1. The highest BCUT2D eigenvalue weighted by Crippen LogP contribution is 2.24. The lowest BCUT2D eigenvalue weighted by molar-refractivity contribution is 0.612. The molecule has 0 saturated carbocycles. The second kappa shape index (κ2) is 6.07. The molecule has 0 amide bonds. The van der Waals surface area contributed by atoms with E-state index < -0.39 is 0 Å². The van der Waals surface area contributed by atoms with E-state index in [1.165, 1.54) is 11.1 Å². The van der Waals surface area contributed by atoms with Crippen LogP contribution in [0.3, 0.4) is 0 Å². The fourth-order valence-electron chi connectivity index (χ4n) is 1.99. The van der Waals surface area contributed by atoms with Crippen LogP contribution in [0.2, 0.25) is 0 Å². The summed E-state index contributed by atoms with van der Waals surface area (Å²) < 4.78 is 1.09. The smallest absolute Gasteiger partial charge is 0.0801 e. The normalized spacial score (nSPS) is 12.4. The molecule has 0 radical (unpaired) electrons. The molecule has 0 aliphatic rings. The van der Waals surface area contributed by atoms with Gasteiger partial charge in [-0.1, -0.05) is 28.9 Å². The minimum absolute atomic E-state index is 0.0832. The Hall–Kier alpha value is -1.26. The fourth-order valence-corrected chi connectivity index (χ4v) is 2.61. The summed E-state index contributed by atoms with van der Waals surface area (Å²) in [5.41, 5.74) is 3.37. The van der Waals surface area contributed by atoms with Crippen molar-refractivity contribution in [3.8, 4) is 0 Å². The Morgan fingerprint density at radius 1 is 1.28 bits per heavy atom. The molecule has 0 fully saturated rings. The Morgan fingerprint density at radius 3 is 2.72 bits per heavy atom. The number of aromatic nitrogens is 2. The number of halogens is 1. The van der Waals surface area contributed by atoms with Gasteiger partial charge in [-0.25, -0.2) is 0 Å². The van der Waals surface area contributed by atoms with Crippen molar-refractivity contribution in [3.63, 3.8) is 0 Å². The fraction of sp³-hybridized carbons (Fsp3) is 0.286. The minimum Gasteiger partial charge on any atom is -0.305 e. The molecule has 1 heterocycles. The van der Waals surface area contributed by atoms with Gasteiger partial charge in [-0.3, -0.25) is 9.97 Å². The van der Waals surface area contributed by atoms with E-state index in [2.05, 4.69) is 63.3 Å². The summed E-state index contributed by atoms with van der Waals surface area (Å²) in [5, 5.41) is 3.45. The molecular weight excluding hydrogens is 290 g/mol. The third kappa shape index (κ3) is 3.15. The van der Waals surface area contributed by atoms with Gasteiger partial charge in [-0.05, 0) is 36.7 Å². The Bertz CT molecular complexity index is 493. The molecule has 2 aromatic rings. The molecular formula is C14H16BrN3. The van der Waals surface area contributed by atoms with Crippen molar-refractivity contribution in [3.05, 3.63) is 58.1 Å². The van der Waals surface area contributed by atoms with E-state index >= 15 is 0 Å². The first-order chi connectivity index (χ1) is 8.70. The van der Waals surface area contributed by atoms with Crippen molar-refractivity contribution < 1.29 is 0 Å². The number of hydrogen-bond donors (Lipinski definition) is 1. The van der Waals surface area contributed by atoms with E-state index in [1.54, 1.807) is 12.4 Å².